The highest BCUT2D eigenvalue weighted by atomic mass is 19.4. The topological polar surface area (TPSA) is 102 Å². The third-order valence-electron chi connectivity index (χ3n) is 8.96. The van der Waals surface area contributed by atoms with Crippen LogP contribution in [-0.4, -0.2) is 83.9 Å². The average molecular weight is 657 g/mol. The molecule has 1 unspecified atom stereocenters. The number of hydrogen-bond acceptors (Lipinski definition) is 6. The van der Waals surface area contributed by atoms with Crippen molar-refractivity contribution in [1.82, 2.24) is 15.1 Å². The molecule has 0 bridgehead atoms. The summed E-state index contributed by atoms with van der Waals surface area (Å²) in [5.41, 5.74) is -5.69. The number of imide groups is 1. The predicted octanol–water partition coefficient (Wildman–Crippen LogP) is 4.39. The minimum atomic E-state index is -6.00. The van der Waals surface area contributed by atoms with Gasteiger partial charge in [0.25, 0.3) is 11.5 Å². The van der Waals surface area contributed by atoms with Gasteiger partial charge in [-0.05, 0) is 55.2 Å². The van der Waals surface area contributed by atoms with E-state index in [1.807, 2.05) is 0 Å². The fourth-order valence-electron chi connectivity index (χ4n) is 6.38. The molecule has 0 saturated carbocycles. The number of urea groups is 1. The normalized spacial score (nSPS) is 22.2. The molecule has 2 aromatic rings. The van der Waals surface area contributed by atoms with E-state index in [2.05, 4.69) is 5.32 Å². The Bertz CT molecular complexity index is 1530. The molecule has 3 aliphatic rings. The van der Waals surface area contributed by atoms with Crippen molar-refractivity contribution in [2.45, 2.75) is 69.6 Å². The molecule has 250 valence electrons. The molecule has 4 amide bonds. The number of piperazine rings is 1. The van der Waals surface area contributed by atoms with E-state index in [4.69, 9.17) is 4.74 Å². The number of benzene rings is 2. The fraction of sp³-hybridized carbons (Fsp3) is 0.516. The monoisotopic (exact) mass is 656 g/mol. The molecule has 0 radical (unpaired) electrons. The number of carbonyl (C=O) groups excluding carboxylic acids is 3. The van der Waals surface area contributed by atoms with E-state index >= 15 is 0 Å². The Morgan fingerprint density at radius 3 is 2.39 bits per heavy atom. The van der Waals surface area contributed by atoms with Crippen molar-refractivity contribution in [2.75, 3.05) is 37.7 Å². The van der Waals surface area contributed by atoms with Gasteiger partial charge in [-0.3, -0.25) is 14.5 Å². The lowest BCUT2D eigenvalue weighted by atomic mass is 9.89. The summed E-state index contributed by atoms with van der Waals surface area (Å²) in [6.07, 6.45) is -10.8. The quantitative estimate of drug-likeness (QED) is 0.339. The lowest BCUT2D eigenvalue weighted by Crippen LogP contribution is -2.56. The summed E-state index contributed by atoms with van der Waals surface area (Å²) in [4.78, 5) is 43.9. The fourth-order valence-corrected chi connectivity index (χ4v) is 6.38. The number of ether oxygens (including phenoxy) is 1. The highest BCUT2D eigenvalue weighted by Gasteiger charge is 2.71. The number of anilines is 1. The zero-order chi connectivity index (χ0) is 33.8. The van der Waals surface area contributed by atoms with E-state index in [0.29, 0.717) is 42.5 Å². The Labute approximate surface area is 261 Å². The number of hydrogen-bond donors (Lipinski definition) is 2. The molecule has 5 rings (SSSR count). The van der Waals surface area contributed by atoms with Gasteiger partial charge in [-0.2, -0.15) is 26.3 Å². The van der Waals surface area contributed by atoms with Crippen LogP contribution in [0.25, 0.3) is 0 Å². The van der Waals surface area contributed by atoms with Crippen molar-refractivity contribution in [3.05, 3.63) is 58.7 Å². The van der Waals surface area contributed by atoms with Gasteiger partial charge < -0.3 is 25.0 Å². The molecule has 2 atom stereocenters. The van der Waals surface area contributed by atoms with Crippen LogP contribution in [0, 0.1) is 0 Å². The van der Waals surface area contributed by atoms with Crippen LogP contribution in [0.1, 0.15) is 49.4 Å². The highest BCUT2D eigenvalue weighted by Crippen LogP contribution is 2.50. The number of nitrogens with one attached hydrogen (secondary N) is 1. The van der Waals surface area contributed by atoms with Gasteiger partial charge in [0.1, 0.15) is 17.8 Å². The second-order valence-corrected chi connectivity index (χ2v) is 12.0. The summed E-state index contributed by atoms with van der Waals surface area (Å²) >= 11 is 0. The molecule has 3 aliphatic heterocycles. The van der Waals surface area contributed by atoms with Gasteiger partial charge in [0, 0.05) is 43.3 Å². The maximum Gasteiger partial charge on any atom is 0.430 e. The van der Waals surface area contributed by atoms with Crippen molar-refractivity contribution in [1.29, 1.82) is 0 Å². The van der Waals surface area contributed by atoms with Gasteiger partial charge in [-0.15, -0.1) is 0 Å². The molecule has 2 fully saturated rings. The van der Waals surface area contributed by atoms with Crippen LogP contribution >= 0.6 is 0 Å². The number of alkyl halides is 6. The van der Waals surface area contributed by atoms with E-state index < -0.39 is 59.5 Å². The Balaban J connectivity index is 1.30. The van der Waals surface area contributed by atoms with Crippen LogP contribution in [0.3, 0.4) is 0 Å². The minimum absolute atomic E-state index is 0.119. The van der Waals surface area contributed by atoms with E-state index in [-0.39, 0.29) is 31.6 Å². The predicted molar refractivity (Wildman–Crippen MR) is 153 cm³/mol. The maximum atomic E-state index is 13.5. The number of carbonyl (C=O) groups is 3. The number of amides is 4. The van der Waals surface area contributed by atoms with Crippen molar-refractivity contribution >= 4 is 23.5 Å². The number of halogens is 6. The molecule has 3 heterocycles. The number of aliphatic hydroxyl groups is 1. The van der Waals surface area contributed by atoms with Gasteiger partial charge >= 0.3 is 18.4 Å². The van der Waals surface area contributed by atoms with Gasteiger partial charge in [-0.25, -0.2) is 4.79 Å². The molecule has 2 aromatic carbocycles. The molecule has 46 heavy (non-hydrogen) atoms. The van der Waals surface area contributed by atoms with Crippen LogP contribution in [0.2, 0.25) is 0 Å². The molecule has 0 aliphatic carbocycles. The first-order valence-corrected chi connectivity index (χ1v) is 14.9. The van der Waals surface area contributed by atoms with E-state index in [9.17, 15) is 45.8 Å². The van der Waals surface area contributed by atoms with Crippen molar-refractivity contribution in [3.63, 3.8) is 0 Å². The minimum Gasteiger partial charge on any atom is -0.493 e. The summed E-state index contributed by atoms with van der Waals surface area (Å²) in [6.45, 7) is 5.49. The number of fused-ring (bicyclic) bond motifs is 1. The summed E-state index contributed by atoms with van der Waals surface area (Å²) in [5.74, 6) is -0.365. The van der Waals surface area contributed by atoms with Gasteiger partial charge in [-0.1, -0.05) is 31.5 Å². The second-order valence-electron chi connectivity index (χ2n) is 12.0. The standard InChI is InChI=1S/C31H34F6N4O5/c1-4-5-19-14-22(29(45,30(32,33)34)31(35,36)37)6-8-23(19)39-11-12-40(18(2)16-39)25(42)17-41-26(43)28(3,38-27(41)44)21-7-9-24-20(15-21)10-13-46-24/h6-9,14-15,18,45H,4-5,10-13,16-17H2,1-3H3,(H,38,44)/t18-,28?/m1/s1. The summed E-state index contributed by atoms with van der Waals surface area (Å²) in [6, 6.07) is 6.54. The first-order chi connectivity index (χ1) is 21.4. The zero-order valence-electron chi connectivity index (χ0n) is 25.4. The molecular weight excluding hydrogens is 622 g/mol. The molecule has 0 aromatic heterocycles. The lowest BCUT2D eigenvalue weighted by molar-refractivity contribution is -0.376. The third-order valence-corrected chi connectivity index (χ3v) is 8.96. The SMILES string of the molecule is CCCc1cc(C(O)(C(F)(F)F)C(F)(F)F)ccc1N1CCN(C(=O)CN2C(=O)NC(C)(c3ccc4c(c3)CCO4)C2=O)[C@H](C)C1. The Kier molecular flexibility index (Phi) is 8.45. The molecule has 2 N–H and O–H groups in total. The lowest BCUT2D eigenvalue weighted by Gasteiger charge is -2.42. The van der Waals surface area contributed by atoms with Gasteiger partial charge in [0.2, 0.25) is 5.91 Å². The van der Waals surface area contributed by atoms with Gasteiger partial charge in [0.15, 0.2) is 0 Å². The van der Waals surface area contributed by atoms with Crippen molar-refractivity contribution < 1.29 is 50.6 Å². The zero-order valence-corrected chi connectivity index (χ0v) is 25.4. The van der Waals surface area contributed by atoms with Crippen molar-refractivity contribution in [2.24, 2.45) is 0 Å². The van der Waals surface area contributed by atoms with Crippen LogP contribution in [0.15, 0.2) is 36.4 Å². The Hall–Kier alpha value is -4.01. The maximum absolute atomic E-state index is 13.5. The summed E-state index contributed by atoms with van der Waals surface area (Å²) in [5, 5.41) is 12.6. The Morgan fingerprint density at radius 2 is 1.76 bits per heavy atom. The highest BCUT2D eigenvalue weighted by molar-refractivity contribution is 6.09. The van der Waals surface area contributed by atoms with Crippen LogP contribution in [0.5, 0.6) is 5.75 Å². The average Bonchev–Trinajstić information content (AvgIpc) is 3.53. The second kappa shape index (κ2) is 11.7. The van der Waals surface area contributed by atoms with Gasteiger partial charge in [0.05, 0.1) is 6.61 Å². The largest absolute Gasteiger partial charge is 0.493 e. The Morgan fingerprint density at radius 1 is 1.07 bits per heavy atom. The van der Waals surface area contributed by atoms with Crippen molar-refractivity contribution in [3.8, 4) is 5.75 Å². The number of rotatable bonds is 7. The third kappa shape index (κ3) is 5.52. The molecule has 2 saturated heterocycles. The first kappa shape index (κ1) is 33.4. The number of nitrogens with zero attached hydrogens (tertiary/aromatic N) is 3. The number of aryl methyl sites for hydroxylation is 1. The molecule has 0 spiro atoms. The van der Waals surface area contributed by atoms with Crippen LogP contribution in [-0.2, 0) is 33.6 Å². The summed E-state index contributed by atoms with van der Waals surface area (Å²) < 4.78 is 86.7. The van der Waals surface area contributed by atoms with Crippen LogP contribution < -0.4 is 15.0 Å². The molecule has 15 heteroatoms. The van der Waals surface area contributed by atoms with E-state index in [0.717, 1.165) is 22.6 Å². The smallest absolute Gasteiger partial charge is 0.430 e. The van der Waals surface area contributed by atoms with Crippen LogP contribution in [0.4, 0.5) is 36.8 Å². The van der Waals surface area contributed by atoms with E-state index in [1.54, 1.807) is 43.9 Å². The van der Waals surface area contributed by atoms with E-state index in [1.165, 1.54) is 4.90 Å². The first-order valence-electron chi connectivity index (χ1n) is 14.9. The molecular formula is C31H34F6N4O5. The molecule has 9 nitrogen and oxygen atoms in total. The summed E-state index contributed by atoms with van der Waals surface area (Å²) in [7, 11) is 0.